The fourth-order valence-electron chi connectivity index (χ4n) is 2.21. The van der Waals surface area contributed by atoms with Crippen molar-refractivity contribution < 1.29 is 4.74 Å². The molecule has 2 rings (SSSR count). The maximum atomic E-state index is 6.10. The van der Waals surface area contributed by atoms with Crippen LogP contribution in [0.2, 0.25) is 5.02 Å². The standard InChI is InChI=1S/C14H18ClN3O/c1-9-12(8-17-18(9)3)14(16-2)11-7-10(15)5-6-13(11)19-4/h5-8,14,16H,1-4H3. The molecule has 0 radical (unpaired) electrons. The van der Waals surface area contributed by atoms with Crippen LogP contribution in [0.4, 0.5) is 0 Å². The van der Waals surface area contributed by atoms with Crippen LogP contribution < -0.4 is 10.1 Å². The molecule has 1 N–H and O–H groups in total. The van der Waals surface area contributed by atoms with Gasteiger partial charge in [0.25, 0.3) is 0 Å². The molecule has 1 aromatic carbocycles. The van der Waals surface area contributed by atoms with Gasteiger partial charge in [-0.25, -0.2) is 0 Å². The highest BCUT2D eigenvalue weighted by Gasteiger charge is 2.20. The Morgan fingerprint density at radius 2 is 2.11 bits per heavy atom. The zero-order chi connectivity index (χ0) is 14.0. The number of nitrogens with one attached hydrogen (secondary N) is 1. The first-order valence-electron chi connectivity index (χ1n) is 6.07. The molecule has 0 aliphatic rings. The van der Waals surface area contributed by atoms with E-state index in [2.05, 4.69) is 10.4 Å². The molecule has 1 atom stereocenters. The molecule has 4 nitrogen and oxygen atoms in total. The van der Waals surface area contributed by atoms with Crippen LogP contribution in [0.3, 0.4) is 0 Å². The summed E-state index contributed by atoms with van der Waals surface area (Å²) in [5.41, 5.74) is 3.24. The van der Waals surface area contributed by atoms with Gasteiger partial charge in [0.15, 0.2) is 0 Å². The first-order chi connectivity index (χ1) is 9.08. The van der Waals surface area contributed by atoms with Crippen molar-refractivity contribution in [2.75, 3.05) is 14.2 Å². The fraction of sp³-hybridized carbons (Fsp3) is 0.357. The van der Waals surface area contributed by atoms with Gasteiger partial charge in [0.1, 0.15) is 5.75 Å². The number of aromatic nitrogens is 2. The van der Waals surface area contributed by atoms with Gasteiger partial charge in [0.2, 0.25) is 0 Å². The van der Waals surface area contributed by atoms with Crippen LogP contribution in [0.5, 0.6) is 5.75 Å². The van der Waals surface area contributed by atoms with Crippen LogP contribution >= 0.6 is 11.6 Å². The molecule has 5 heteroatoms. The van der Waals surface area contributed by atoms with Crippen LogP contribution in [-0.2, 0) is 7.05 Å². The molecule has 0 saturated heterocycles. The normalized spacial score (nSPS) is 12.5. The van der Waals surface area contributed by atoms with Gasteiger partial charge in [-0.1, -0.05) is 11.6 Å². The highest BCUT2D eigenvalue weighted by molar-refractivity contribution is 6.30. The minimum Gasteiger partial charge on any atom is -0.496 e. The number of ether oxygens (including phenoxy) is 1. The number of halogens is 1. The van der Waals surface area contributed by atoms with Gasteiger partial charge in [-0.15, -0.1) is 0 Å². The number of methoxy groups -OCH3 is 1. The molecule has 1 aromatic heterocycles. The van der Waals surface area contributed by atoms with Crippen LogP contribution in [0.25, 0.3) is 0 Å². The molecule has 1 heterocycles. The second kappa shape index (κ2) is 5.63. The summed E-state index contributed by atoms with van der Waals surface area (Å²) in [6.45, 7) is 2.05. The second-order valence-electron chi connectivity index (χ2n) is 4.42. The quantitative estimate of drug-likeness (QED) is 0.935. The van der Waals surface area contributed by atoms with E-state index in [4.69, 9.17) is 16.3 Å². The Bertz CT molecular complexity index is 580. The zero-order valence-corrected chi connectivity index (χ0v) is 12.3. The van der Waals surface area contributed by atoms with E-state index in [1.54, 1.807) is 7.11 Å². The maximum Gasteiger partial charge on any atom is 0.124 e. The Morgan fingerprint density at radius 3 is 2.63 bits per heavy atom. The summed E-state index contributed by atoms with van der Waals surface area (Å²) < 4.78 is 7.28. The van der Waals surface area contributed by atoms with E-state index in [0.29, 0.717) is 5.02 Å². The van der Waals surface area contributed by atoms with Crippen molar-refractivity contribution in [3.8, 4) is 5.75 Å². The summed E-state index contributed by atoms with van der Waals surface area (Å²) >= 11 is 6.10. The molecular formula is C14H18ClN3O. The average Bonchev–Trinajstić information content (AvgIpc) is 2.72. The van der Waals surface area contributed by atoms with Gasteiger partial charge in [-0.2, -0.15) is 5.10 Å². The number of nitrogens with zero attached hydrogens (tertiary/aromatic N) is 2. The molecule has 0 aliphatic carbocycles. The molecule has 19 heavy (non-hydrogen) atoms. The molecule has 2 aromatic rings. The topological polar surface area (TPSA) is 39.1 Å². The second-order valence-corrected chi connectivity index (χ2v) is 4.85. The van der Waals surface area contributed by atoms with Gasteiger partial charge in [0.05, 0.1) is 19.3 Å². The summed E-state index contributed by atoms with van der Waals surface area (Å²) in [6, 6.07) is 5.64. The first-order valence-corrected chi connectivity index (χ1v) is 6.45. The summed E-state index contributed by atoms with van der Waals surface area (Å²) in [6.07, 6.45) is 1.87. The summed E-state index contributed by atoms with van der Waals surface area (Å²) in [5.74, 6) is 0.812. The Kier molecular flexibility index (Phi) is 4.12. The number of rotatable bonds is 4. The minimum atomic E-state index is 0.00218. The molecular weight excluding hydrogens is 262 g/mol. The number of hydrogen-bond acceptors (Lipinski definition) is 3. The highest BCUT2D eigenvalue weighted by Crippen LogP contribution is 2.33. The number of aryl methyl sites for hydroxylation is 1. The van der Waals surface area contributed by atoms with Crippen LogP contribution in [0.15, 0.2) is 24.4 Å². The number of hydrogen-bond donors (Lipinski definition) is 1. The van der Waals surface area contributed by atoms with Crippen molar-refractivity contribution in [3.05, 3.63) is 46.2 Å². The third-order valence-electron chi connectivity index (χ3n) is 3.38. The van der Waals surface area contributed by atoms with E-state index in [0.717, 1.165) is 22.6 Å². The summed E-state index contributed by atoms with van der Waals surface area (Å²) in [4.78, 5) is 0. The van der Waals surface area contributed by atoms with Crippen LogP contribution in [0, 0.1) is 6.92 Å². The summed E-state index contributed by atoms with van der Waals surface area (Å²) in [7, 11) is 5.51. The largest absolute Gasteiger partial charge is 0.496 e. The average molecular weight is 280 g/mol. The van der Waals surface area contributed by atoms with E-state index < -0.39 is 0 Å². The third-order valence-corrected chi connectivity index (χ3v) is 3.61. The lowest BCUT2D eigenvalue weighted by Gasteiger charge is -2.19. The molecule has 0 spiro atoms. The minimum absolute atomic E-state index is 0.00218. The van der Waals surface area contributed by atoms with E-state index in [9.17, 15) is 0 Å². The van der Waals surface area contributed by atoms with Gasteiger partial charge in [-0.3, -0.25) is 4.68 Å². The molecule has 0 amide bonds. The maximum absolute atomic E-state index is 6.10. The Hall–Kier alpha value is -1.52. The summed E-state index contributed by atoms with van der Waals surface area (Å²) in [5, 5.41) is 8.28. The van der Waals surface area contributed by atoms with E-state index in [1.807, 2.05) is 50.1 Å². The van der Waals surface area contributed by atoms with Gasteiger partial charge >= 0.3 is 0 Å². The SMILES string of the molecule is CNC(c1cc(Cl)ccc1OC)c1cnn(C)c1C. The predicted octanol–water partition coefficient (Wildman–Crippen LogP) is 2.70. The monoisotopic (exact) mass is 279 g/mol. The Morgan fingerprint density at radius 1 is 1.37 bits per heavy atom. The van der Waals surface area contributed by atoms with Gasteiger partial charge < -0.3 is 10.1 Å². The van der Waals surface area contributed by atoms with Crippen LogP contribution in [-0.4, -0.2) is 23.9 Å². The van der Waals surface area contributed by atoms with Crippen molar-refractivity contribution in [2.45, 2.75) is 13.0 Å². The van der Waals surface area contributed by atoms with Crippen LogP contribution in [0.1, 0.15) is 22.9 Å². The predicted molar refractivity (Wildman–Crippen MR) is 76.9 cm³/mol. The molecule has 0 bridgehead atoms. The first kappa shape index (κ1) is 13.9. The van der Waals surface area contributed by atoms with E-state index in [-0.39, 0.29) is 6.04 Å². The van der Waals surface area contributed by atoms with Crippen molar-refractivity contribution in [1.29, 1.82) is 0 Å². The van der Waals surface area contributed by atoms with Crippen molar-refractivity contribution in [3.63, 3.8) is 0 Å². The lowest BCUT2D eigenvalue weighted by molar-refractivity contribution is 0.405. The van der Waals surface area contributed by atoms with E-state index in [1.165, 1.54) is 0 Å². The number of benzene rings is 1. The molecule has 0 aliphatic heterocycles. The third kappa shape index (κ3) is 2.60. The van der Waals surface area contributed by atoms with Crippen molar-refractivity contribution >= 4 is 11.6 Å². The van der Waals surface area contributed by atoms with Gasteiger partial charge in [-0.05, 0) is 32.2 Å². The van der Waals surface area contributed by atoms with Crippen molar-refractivity contribution in [1.82, 2.24) is 15.1 Å². The zero-order valence-electron chi connectivity index (χ0n) is 11.6. The van der Waals surface area contributed by atoms with Crippen molar-refractivity contribution in [2.24, 2.45) is 7.05 Å². The highest BCUT2D eigenvalue weighted by atomic mass is 35.5. The van der Waals surface area contributed by atoms with Gasteiger partial charge in [0, 0.05) is 28.9 Å². The Labute approximate surface area is 118 Å². The lowest BCUT2D eigenvalue weighted by atomic mass is 9.98. The molecule has 1 unspecified atom stereocenters. The fourth-order valence-corrected chi connectivity index (χ4v) is 2.39. The smallest absolute Gasteiger partial charge is 0.124 e. The molecule has 0 fully saturated rings. The Balaban J connectivity index is 2.53. The van der Waals surface area contributed by atoms with E-state index >= 15 is 0 Å². The molecule has 102 valence electrons. The molecule has 0 saturated carbocycles. The lowest BCUT2D eigenvalue weighted by Crippen LogP contribution is -2.19.